The number of hydroxylamine groups is 2. The molecule has 1 atom stereocenters. The lowest BCUT2D eigenvalue weighted by molar-refractivity contribution is -0.170. The Hall–Kier alpha value is -2.29. The zero-order valence-corrected chi connectivity index (χ0v) is 11.9. The Kier molecular flexibility index (Phi) is 5.75. The lowest BCUT2D eigenvalue weighted by Crippen LogP contribution is -2.29. The van der Waals surface area contributed by atoms with E-state index in [1.54, 1.807) is 0 Å². The van der Waals surface area contributed by atoms with Crippen LogP contribution in [-0.4, -0.2) is 31.2 Å². The first-order valence-corrected chi connectivity index (χ1v) is 6.09. The largest absolute Gasteiger partial charge is 0.441 e. The molecule has 0 heterocycles. The Bertz CT molecular complexity index is 548. The van der Waals surface area contributed by atoms with Crippen molar-refractivity contribution < 1.29 is 32.3 Å². The summed E-state index contributed by atoms with van der Waals surface area (Å²) in [5.41, 5.74) is 3.98. The second kappa shape index (κ2) is 7.12. The molecular formula is C13H15F3N2O4. The van der Waals surface area contributed by atoms with Crippen molar-refractivity contribution in [1.29, 1.82) is 0 Å². The van der Waals surface area contributed by atoms with Gasteiger partial charge in [-0.2, -0.15) is 13.2 Å². The topological polar surface area (TPSA) is 81.9 Å². The molecule has 0 bridgehead atoms. The van der Waals surface area contributed by atoms with Gasteiger partial charge in [0.05, 0.1) is 19.1 Å². The van der Waals surface area contributed by atoms with Gasteiger partial charge in [0, 0.05) is 7.05 Å². The highest BCUT2D eigenvalue weighted by molar-refractivity contribution is 5.76. The number of hydrogen-bond acceptors (Lipinski definition) is 4. The van der Waals surface area contributed by atoms with E-state index in [0.717, 1.165) is 23.3 Å². The van der Waals surface area contributed by atoms with Crippen LogP contribution in [0.5, 0.6) is 0 Å². The van der Waals surface area contributed by atoms with Gasteiger partial charge < -0.3 is 10.5 Å². The van der Waals surface area contributed by atoms with Crippen molar-refractivity contribution >= 4 is 12.0 Å². The van der Waals surface area contributed by atoms with Crippen molar-refractivity contribution in [3.63, 3.8) is 0 Å². The molecular weight excluding hydrogens is 305 g/mol. The number of nitrogens with zero attached hydrogens (tertiary/aromatic N) is 1. The number of carbonyl (C=O) groups excluding carboxylic acids is 2. The van der Waals surface area contributed by atoms with Crippen molar-refractivity contribution in [1.82, 2.24) is 5.06 Å². The van der Waals surface area contributed by atoms with Crippen LogP contribution in [0.15, 0.2) is 24.3 Å². The Morgan fingerprint density at radius 1 is 1.36 bits per heavy atom. The molecule has 0 aromatic heterocycles. The predicted molar refractivity (Wildman–Crippen MR) is 69.2 cm³/mol. The van der Waals surface area contributed by atoms with Crippen molar-refractivity contribution in [3.05, 3.63) is 35.4 Å². The number of amides is 2. The third-order valence-corrected chi connectivity index (χ3v) is 2.83. The number of alkyl halides is 3. The van der Waals surface area contributed by atoms with Crippen LogP contribution in [0, 0.1) is 0 Å². The number of nitrogens with two attached hydrogens (primary N) is 1. The molecule has 0 aliphatic heterocycles. The molecule has 122 valence electrons. The van der Waals surface area contributed by atoms with Crippen LogP contribution in [-0.2, 0) is 20.5 Å². The Morgan fingerprint density at radius 3 is 2.50 bits per heavy atom. The van der Waals surface area contributed by atoms with E-state index in [9.17, 15) is 22.8 Å². The molecule has 6 nitrogen and oxygen atoms in total. The average molecular weight is 320 g/mol. The monoisotopic (exact) mass is 320 g/mol. The van der Waals surface area contributed by atoms with Gasteiger partial charge in [0.1, 0.15) is 6.10 Å². The molecule has 0 aliphatic rings. The minimum absolute atomic E-state index is 0.00600. The summed E-state index contributed by atoms with van der Waals surface area (Å²) in [7, 11) is 2.56. The van der Waals surface area contributed by atoms with E-state index >= 15 is 0 Å². The smallest absolute Gasteiger partial charge is 0.416 e. The van der Waals surface area contributed by atoms with Crippen LogP contribution in [0.3, 0.4) is 0 Å². The Labute approximate surface area is 124 Å². The first-order valence-electron chi connectivity index (χ1n) is 6.09. The second-order valence-corrected chi connectivity index (χ2v) is 4.33. The second-order valence-electron chi connectivity index (χ2n) is 4.33. The molecule has 0 saturated heterocycles. The maximum absolute atomic E-state index is 12.7. The van der Waals surface area contributed by atoms with Gasteiger partial charge in [0.15, 0.2) is 0 Å². The highest BCUT2D eigenvalue weighted by Gasteiger charge is 2.32. The first-order chi connectivity index (χ1) is 10.1. The summed E-state index contributed by atoms with van der Waals surface area (Å²) in [6.07, 6.45) is -7.41. The summed E-state index contributed by atoms with van der Waals surface area (Å²) in [5.74, 6) is -0.592. The zero-order valence-electron chi connectivity index (χ0n) is 11.9. The van der Waals surface area contributed by atoms with Gasteiger partial charge in [-0.3, -0.25) is 9.63 Å². The number of benzene rings is 1. The summed E-state index contributed by atoms with van der Waals surface area (Å²) >= 11 is 0. The zero-order chi connectivity index (χ0) is 16.9. The molecule has 0 radical (unpaired) electrons. The molecule has 0 aliphatic carbocycles. The Morgan fingerprint density at radius 2 is 2.00 bits per heavy atom. The molecule has 1 aromatic carbocycles. The van der Waals surface area contributed by atoms with Gasteiger partial charge in [-0.1, -0.05) is 12.1 Å². The number of rotatable bonds is 5. The fourth-order valence-corrected chi connectivity index (χ4v) is 1.67. The molecule has 2 amide bonds. The maximum Gasteiger partial charge on any atom is 0.416 e. The number of hydrogen-bond donors (Lipinski definition) is 1. The summed E-state index contributed by atoms with van der Waals surface area (Å²) in [5, 5.41) is 0.866. The van der Waals surface area contributed by atoms with E-state index in [-0.39, 0.29) is 5.56 Å². The number of primary amides is 1. The Balaban J connectivity index is 3.06. The van der Waals surface area contributed by atoms with Crippen molar-refractivity contribution in [2.45, 2.75) is 18.7 Å². The molecule has 0 saturated carbocycles. The highest BCUT2D eigenvalue weighted by atomic mass is 19.4. The van der Waals surface area contributed by atoms with Gasteiger partial charge >= 0.3 is 12.3 Å². The third kappa shape index (κ3) is 4.92. The normalized spacial score (nSPS) is 12.6. The molecule has 1 rings (SSSR count). The minimum Gasteiger partial charge on any atom is -0.441 e. The van der Waals surface area contributed by atoms with Gasteiger partial charge in [0.25, 0.3) is 0 Å². The fraction of sp³-hybridized carbons (Fsp3) is 0.385. The average Bonchev–Trinajstić information content (AvgIpc) is 2.44. The van der Waals surface area contributed by atoms with E-state index in [4.69, 9.17) is 10.5 Å². The lowest BCUT2D eigenvalue weighted by Gasteiger charge is -2.20. The first kappa shape index (κ1) is 17.8. The predicted octanol–water partition coefficient (Wildman–Crippen LogP) is 2.25. The van der Waals surface area contributed by atoms with Crippen molar-refractivity contribution in [3.8, 4) is 0 Å². The maximum atomic E-state index is 12.7. The molecule has 0 spiro atoms. The number of halogens is 3. The van der Waals surface area contributed by atoms with Crippen molar-refractivity contribution in [2.75, 3.05) is 14.2 Å². The van der Waals surface area contributed by atoms with Crippen LogP contribution in [0.4, 0.5) is 18.0 Å². The molecule has 2 N–H and O–H groups in total. The van der Waals surface area contributed by atoms with Gasteiger partial charge in [-0.05, 0) is 17.7 Å². The minimum atomic E-state index is -4.55. The quantitative estimate of drug-likeness (QED) is 0.844. The number of carbonyl (C=O) groups is 2. The third-order valence-electron chi connectivity index (χ3n) is 2.83. The van der Waals surface area contributed by atoms with E-state index < -0.39 is 36.3 Å². The molecule has 9 heteroatoms. The number of ether oxygens (including phenoxy) is 1. The summed E-state index contributed by atoms with van der Waals surface area (Å²) < 4.78 is 42.9. The summed E-state index contributed by atoms with van der Waals surface area (Å²) in [6.45, 7) is 0. The van der Waals surface area contributed by atoms with Crippen LogP contribution in [0.2, 0.25) is 0 Å². The van der Waals surface area contributed by atoms with E-state index in [1.165, 1.54) is 20.2 Å². The standard InChI is InChI=1S/C13H15F3N2O4/c1-18(21-2)11(19)7-10(22-12(17)20)8-4-3-5-9(6-8)13(14,15)16/h3-6,10H,7H2,1-2H3,(H2,17,20). The van der Waals surface area contributed by atoms with Crippen LogP contribution in [0.1, 0.15) is 23.7 Å². The summed E-state index contributed by atoms with van der Waals surface area (Å²) in [4.78, 5) is 27.3. The van der Waals surface area contributed by atoms with E-state index in [0.29, 0.717) is 0 Å². The van der Waals surface area contributed by atoms with E-state index in [2.05, 4.69) is 4.84 Å². The van der Waals surface area contributed by atoms with Gasteiger partial charge in [-0.25, -0.2) is 9.86 Å². The summed E-state index contributed by atoms with van der Waals surface area (Å²) in [6, 6.07) is 4.13. The SMILES string of the molecule is CON(C)C(=O)CC(OC(N)=O)c1cccc(C(F)(F)F)c1. The van der Waals surface area contributed by atoms with E-state index in [1.807, 2.05) is 0 Å². The molecule has 1 unspecified atom stereocenters. The van der Waals surface area contributed by atoms with Crippen LogP contribution >= 0.6 is 0 Å². The molecule has 1 aromatic rings. The van der Waals surface area contributed by atoms with Crippen LogP contribution < -0.4 is 5.73 Å². The fourth-order valence-electron chi connectivity index (χ4n) is 1.67. The van der Waals surface area contributed by atoms with Gasteiger partial charge in [0.2, 0.25) is 5.91 Å². The van der Waals surface area contributed by atoms with Gasteiger partial charge in [-0.15, -0.1) is 0 Å². The molecule has 0 fully saturated rings. The van der Waals surface area contributed by atoms with Crippen LogP contribution in [0.25, 0.3) is 0 Å². The lowest BCUT2D eigenvalue weighted by atomic mass is 10.0. The van der Waals surface area contributed by atoms with Crippen molar-refractivity contribution in [2.24, 2.45) is 5.73 Å². The highest BCUT2D eigenvalue weighted by Crippen LogP contribution is 2.32. The molecule has 22 heavy (non-hydrogen) atoms.